The van der Waals surface area contributed by atoms with Crippen LogP contribution in [0.4, 0.5) is 0 Å². The van der Waals surface area contributed by atoms with Crippen LogP contribution in [-0.4, -0.2) is 95.9 Å². The molecule has 0 aromatic heterocycles. The lowest BCUT2D eigenvalue weighted by atomic mass is 10.1. The molecule has 0 saturated heterocycles. The Balaban J connectivity index is 4.57. The zero-order chi connectivity index (χ0) is 62.4. The summed E-state index contributed by atoms with van der Waals surface area (Å²) in [6.07, 6.45) is 64.7. The van der Waals surface area contributed by atoms with E-state index in [1.165, 1.54) is 25.7 Å². The molecule has 18 heteroatoms. The molecule has 0 saturated carbocycles. The van der Waals surface area contributed by atoms with E-state index in [9.17, 15) is 43.5 Å². The van der Waals surface area contributed by atoms with E-state index in [2.05, 4.69) is 118 Å². The summed E-state index contributed by atoms with van der Waals surface area (Å²) in [6.45, 7) is 2.42. The number of hydrogen-bond acceptors (Lipinski definition) is 14. The Morgan fingerprint density at radius 3 is 1.05 bits per heavy atom. The highest BCUT2D eigenvalue weighted by molar-refractivity contribution is 7.47. The summed E-state index contributed by atoms with van der Waals surface area (Å²) in [5, 5.41) is 20.5. The number of phosphoric ester groups is 2. The van der Waals surface area contributed by atoms with Gasteiger partial charge in [0.15, 0.2) is 6.10 Å². The van der Waals surface area contributed by atoms with Gasteiger partial charge in [-0.25, -0.2) is 9.13 Å². The van der Waals surface area contributed by atoms with Crippen molar-refractivity contribution >= 4 is 33.6 Å². The molecule has 0 fully saturated rings. The molecular formula is C67H116O16P2. The van der Waals surface area contributed by atoms with E-state index in [1.807, 2.05) is 0 Å². The molecule has 4 N–H and O–H groups in total. The molecule has 0 aliphatic rings. The summed E-state index contributed by atoms with van der Waals surface area (Å²) < 4.78 is 60.7. The molecule has 16 nitrogen and oxygen atoms in total. The SMILES string of the molecule is CC/C=C\C/C=C\C/C=C\C/C=C\C/C=C\CCCCCCCCCC(=O)OCC(O)COP(=O)(O)OCC(O)COP(=O)(O)OCC(COC(=O)CCCCCCC/C=C\C/C=C\CCC)OC(=O)CCCCCCC/C=C\CCCCCC. The van der Waals surface area contributed by atoms with Crippen molar-refractivity contribution in [3.8, 4) is 0 Å². The standard InChI is InChI=1S/C67H116O16P2/c1-4-7-10-13-16-19-22-25-26-27-28-29-30-31-32-33-34-37-39-41-44-47-50-53-65(70)77-56-62(68)57-79-84(73,74)80-58-63(69)59-81-85(75,76)82-61-64(83-67(72)55-52-49-46-43-40-36-24-21-18-15-12-9-6-3)60-78-66(71)54-51-48-45-42-38-35-23-20-17-14-11-8-5-2/h7,10-11,14,16,19-21,23-26,28-29,31-32,62-64,68-69H,4-6,8-9,12-13,15,17-18,22,27,30,33-61H2,1-3H3,(H,73,74)(H,75,76)/b10-7-,14-11-,19-16-,23-20-,24-21-,26-25-,29-28-,32-31-. The largest absolute Gasteiger partial charge is 0.472 e. The summed E-state index contributed by atoms with van der Waals surface area (Å²) in [4.78, 5) is 58.2. The summed E-state index contributed by atoms with van der Waals surface area (Å²) in [5.74, 6) is -1.61. The zero-order valence-electron chi connectivity index (χ0n) is 52.8. The van der Waals surface area contributed by atoms with Crippen LogP contribution in [-0.2, 0) is 55.8 Å². The molecule has 0 heterocycles. The van der Waals surface area contributed by atoms with Gasteiger partial charge in [0.2, 0.25) is 0 Å². The first-order chi connectivity index (χ1) is 41.2. The van der Waals surface area contributed by atoms with Crippen molar-refractivity contribution < 1.29 is 75.8 Å². The van der Waals surface area contributed by atoms with Crippen LogP contribution < -0.4 is 0 Å². The molecule has 0 amide bonds. The smallest absolute Gasteiger partial charge is 0.463 e. The molecule has 0 radical (unpaired) electrons. The maximum atomic E-state index is 12.9. The fourth-order valence-electron chi connectivity index (χ4n) is 8.27. The number of esters is 3. The van der Waals surface area contributed by atoms with Gasteiger partial charge in [-0.3, -0.25) is 32.5 Å². The van der Waals surface area contributed by atoms with Crippen LogP contribution in [0.1, 0.15) is 252 Å². The maximum Gasteiger partial charge on any atom is 0.472 e. The molecule has 0 spiro atoms. The number of unbranched alkanes of at least 4 members (excludes halogenated alkanes) is 22. The van der Waals surface area contributed by atoms with Crippen LogP contribution in [0.2, 0.25) is 0 Å². The number of phosphoric acid groups is 2. The lowest BCUT2D eigenvalue weighted by molar-refractivity contribution is -0.161. The number of allylic oxidation sites excluding steroid dienone is 16. The van der Waals surface area contributed by atoms with Gasteiger partial charge in [-0.15, -0.1) is 0 Å². The molecule has 0 rings (SSSR count). The minimum absolute atomic E-state index is 0.0911. The summed E-state index contributed by atoms with van der Waals surface area (Å²) in [7, 11) is -9.77. The van der Waals surface area contributed by atoms with Gasteiger partial charge in [0.25, 0.3) is 0 Å². The van der Waals surface area contributed by atoms with Gasteiger partial charge in [0, 0.05) is 19.3 Å². The molecule has 85 heavy (non-hydrogen) atoms. The first-order valence-corrected chi connectivity index (χ1v) is 35.5. The quantitative estimate of drug-likeness (QED) is 0.0146. The normalized spacial score (nSPS) is 15.0. The van der Waals surface area contributed by atoms with Crippen LogP contribution in [0.3, 0.4) is 0 Å². The van der Waals surface area contributed by atoms with Crippen molar-refractivity contribution in [3.63, 3.8) is 0 Å². The lowest BCUT2D eigenvalue weighted by Gasteiger charge is -2.21. The topological polar surface area (TPSA) is 231 Å². The van der Waals surface area contributed by atoms with E-state index in [0.717, 1.165) is 167 Å². The monoisotopic (exact) mass is 1240 g/mol. The molecule has 0 aromatic carbocycles. The number of carbonyl (C=O) groups is 3. The Bertz CT molecular complexity index is 1940. The maximum absolute atomic E-state index is 12.9. The third-order valence-electron chi connectivity index (χ3n) is 13.2. The number of carbonyl (C=O) groups excluding carboxylic acids is 3. The minimum atomic E-state index is -4.92. The number of aliphatic hydroxyl groups excluding tert-OH is 2. The molecular weight excluding hydrogens is 1120 g/mol. The van der Waals surface area contributed by atoms with Crippen LogP contribution in [0, 0.1) is 0 Å². The van der Waals surface area contributed by atoms with Crippen molar-refractivity contribution in [1.82, 2.24) is 0 Å². The van der Waals surface area contributed by atoms with Crippen molar-refractivity contribution in [2.45, 2.75) is 270 Å². The van der Waals surface area contributed by atoms with Gasteiger partial charge >= 0.3 is 33.6 Å². The fraction of sp³-hybridized carbons (Fsp3) is 0.716. The van der Waals surface area contributed by atoms with E-state index in [-0.39, 0.29) is 19.3 Å². The van der Waals surface area contributed by atoms with Crippen molar-refractivity contribution in [2.75, 3.05) is 39.6 Å². The van der Waals surface area contributed by atoms with Crippen molar-refractivity contribution in [2.24, 2.45) is 0 Å². The average molecular weight is 1240 g/mol. The highest BCUT2D eigenvalue weighted by atomic mass is 31.2. The van der Waals surface area contributed by atoms with E-state index in [1.54, 1.807) is 0 Å². The average Bonchev–Trinajstić information content (AvgIpc) is 3.51. The van der Waals surface area contributed by atoms with Crippen molar-refractivity contribution in [1.29, 1.82) is 0 Å². The van der Waals surface area contributed by atoms with Crippen LogP contribution >= 0.6 is 15.6 Å². The Morgan fingerprint density at radius 1 is 0.341 bits per heavy atom. The molecule has 5 atom stereocenters. The Hall–Kier alpha value is -3.53. The van der Waals surface area contributed by atoms with Crippen LogP contribution in [0.25, 0.3) is 0 Å². The summed E-state index contributed by atoms with van der Waals surface area (Å²) in [5.41, 5.74) is 0. The number of ether oxygens (including phenoxy) is 3. The second-order valence-corrected chi connectivity index (χ2v) is 24.4. The first kappa shape index (κ1) is 81.5. The van der Waals surface area contributed by atoms with E-state index in [0.29, 0.717) is 19.3 Å². The molecule has 0 aliphatic heterocycles. The van der Waals surface area contributed by atoms with Gasteiger partial charge < -0.3 is 34.2 Å². The molecule has 0 bridgehead atoms. The predicted octanol–water partition coefficient (Wildman–Crippen LogP) is 17.5. The molecule has 0 aliphatic carbocycles. The summed E-state index contributed by atoms with van der Waals surface area (Å²) >= 11 is 0. The highest BCUT2D eigenvalue weighted by Gasteiger charge is 2.29. The zero-order valence-corrected chi connectivity index (χ0v) is 54.5. The Morgan fingerprint density at radius 2 is 0.647 bits per heavy atom. The van der Waals surface area contributed by atoms with E-state index in [4.69, 9.17) is 32.3 Å². The Labute approximate surface area is 514 Å². The number of aliphatic hydroxyl groups is 2. The van der Waals surface area contributed by atoms with Gasteiger partial charge in [-0.1, -0.05) is 214 Å². The van der Waals surface area contributed by atoms with Gasteiger partial charge in [0.05, 0.1) is 26.4 Å². The molecule has 5 unspecified atom stereocenters. The third kappa shape index (κ3) is 61.9. The van der Waals surface area contributed by atoms with Crippen LogP contribution in [0.5, 0.6) is 0 Å². The highest BCUT2D eigenvalue weighted by Crippen LogP contribution is 2.45. The van der Waals surface area contributed by atoms with Gasteiger partial charge in [-0.2, -0.15) is 0 Å². The van der Waals surface area contributed by atoms with Crippen LogP contribution in [0.15, 0.2) is 97.2 Å². The second-order valence-electron chi connectivity index (χ2n) is 21.5. The summed E-state index contributed by atoms with van der Waals surface area (Å²) in [6, 6.07) is 0. The number of hydrogen-bond donors (Lipinski definition) is 4. The Kier molecular flexibility index (Phi) is 58.2. The predicted molar refractivity (Wildman–Crippen MR) is 344 cm³/mol. The van der Waals surface area contributed by atoms with Gasteiger partial charge in [-0.05, 0) is 116 Å². The number of rotatable bonds is 61. The second kappa shape index (κ2) is 60.7. The lowest BCUT2D eigenvalue weighted by Crippen LogP contribution is -2.30. The third-order valence-corrected chi connectivity index (χ3v) is 15.1. The fourth-order valence-corrected chi connectivity index (χ4v) is 9.86. The van der Waals surface area contributed by atoms with Gasteiger partial charge in [0.1, 0.15) is 25.4 Å². The minimum Gasteiger partial charge on any atom is -0.463 e. The van der Waals surface area contributed by atoms with E-state index < -0.39 is 91.5 Å². The van der Waals surface area contributed by atoms with E-state index >= 15 is 0 Å². The molecule has 0 aromatic rings. The molecule has 490 valence electrons. The first-order valence-electron chi connectivity index (χ1n) is 32.5. The van der Waals surface area contributed by atoms with Crippen molar-refractivity contribution in [3.05, 3.63) is 97.2 Å².